The quantitative estimate of drug-likeness (QED) is 0.624. The Morgan fingerprint density at radius 1 is 1.59 bits per heavy atom. The molecule has 0 radical (unpaired) electrons. The summed E-state index contributed by atoms with van der Waals surface area (Å²) in [6.07, 6.45) is 0.963. The van der Waals surface area contributed by atoms with Crippen LogP contribution in [0.15, 0.2) is 17.3 Å². The number of hydrogen-bond donors (Lipinski definition) is 2. The predicted molar refractivity (Wildman–Crippen MR) is 67.0 cm³/mol. The molecule has 94 valence electrons. The number of thioether (sulfide) groups is 1. The summed E-state index contributed by atoms with van der Waals surface area (Å²) < 4.78 is 4.62. The monoisotopic (exact) mass is 256 g/mol. The molecule has 1 aromatic rings. The van der Waals surface area contributed by atoms with Crippen molar-refractivity contribution in [2.45, 2.75) is 30.2 Å². The van der Waals surface area contributed by atoms with E-state index in [9.17, 15) is 9.90 Å². The van der Waals surface area contributed by atoms with E-state index in [-0.39, 0.29) is 10.9 Å². The molecule has 0 amide bonds. The number of aromatic nitrogens is 1. The van der Waals surface area contributed by atoms with Crippen molar-refractivity contribution in [2.24, 2.45) is 0 Å². The molecule has 1 aromatic heterocycles. The van der Waals surface area contributed by atoms with Crippen molar-refractivity contribution in [1.82, 2.24) is 4.98 Å². The van der Waals surface area contributed by atoms with Crippen molar-refractivity contribution in [1.29, 1.82) is 0 Å². The highest BCUT2D eigenvalue weighted by Gasteiger charge is 2.15. The van der Waals surface area contributed by atoms with Gasteiger partial charge in [-0.1, -0.05) is 6.92 Å². The molecule has 3 N–H and O–H groups in total. The van der Waals surface area contributed by atoms with Gasteiger partial charge in [0.2, 0.25) is 0 Å². The zero-order valence-electron chi connectivity index (χ0n) is 10.0. The van der Waals surface area contributed by atoms with E-state index < -0.39 is 12.1 Å². The van der Waals surface area contributed by atoms with Gasteiger partial charge in [0.1, 0.15) is 0 Å². The molecule has 5 nitrogen and oxygen atoms in total. The minimum Gasteiger partial charge on any atom is -0.465 e. The fourth-order valence-electron chi connectivity index (χ4n) is 1.09. The zero-order valence-corrected chi connectivity index (χ0v) is 10.8. The van der Waals surface area contributed by atoms with Gasteiger partial charge in [0.25, 0.3) is 0 Å². The number of carbonyl (C=O) groups is 1. The lowest BCUT2D eigenvalue weighted by Gasteiger charge is -2.14. The minimum absolute atomic E-state index is 0.0170. The standard InChI is InChI=1S/C11H16N2O3S/c1-6(14)7(2)17-10-4-8(11(15)16-3)9(12)5-13-10/h4-7,14H,12H2,1-3H3. The third-order valence-electron chi connectivity index (χ3n) is 2.30. The zero-order chi connectivity index (χ0) is 13.0. The molecule has 0 bridgehead atoms. The van der Waals surface area contributed by atoms with Crippen LogP contribution < -0.4 is 5.73 Å². The van der Waals surface area contributed by atoms with Gasteiger partial charge >= 0.3 is 5.97 Å². The third-order valence-corrected chi connectivity index (χ3v) is 3.53. The van der Waals surface area contributed by atoms with Crippen LogP contribution in [-0.2, 0) is 4.74 Å². The van der Waals surface area contributed by atoms with Gasteiger partial charge in [-0.3, -0.25) is 0 Å². The maximum absolute atomic E-state index is 11.4. The van der Waals surface area contributed by atoms with Crippen LogP contribution in [0.25, 0.3) is 0 Å². The van der Waals surface area contributed by atoms with E-state index in [4.69, 9.17) is 5.73 Å². The Morgan fingerprint density at radius 3 is 2.76 bits per heavy atom. The van der Waals surface area contributed by atoms with Crippen LogP contribution in [0.1, 0.15) is 24.2 Å². The number of anilines is 1. The lowest BCUT2D eigenvalue weighted by atomic mass is 10.2. The number of aliphatic hydroxyl groups is 1. The van der Waals surface area contributed by atoms with Crippen molar-refractivity contribution < 1.29 is 14.6 Å². The molecule has 0 spiro atoms. The topological polar surface area (TPSA) is 85.4 Å². The summed E-state index contributed by atoms with van der Waals surface area (Å²) in [5.74, 6) is -0.489. The highest BCUT2D eigenvalue weighted by Crippen LogP contribution is 2.26. The van der Waals surface area contributed by atoms with E-state index in [1.54, 1.807) is 13.0 Å². The van der Waals surface area contributed by atoms with E-state index >= 15 is 0 Å². The van der Waals surface area contributed by atoms with Gasteiger partial charge in [-0.25, -0.2) is 9.78 Å². The molecule has 0 aliphatic heterocycles. The fraction of sp³-hybridized carbons (Fsp3) is 0.455. The Balaban J connectivity index is 2.93. The number of rotatable bonds is 4. The highest BCUT2D eigenvalue weighted by atomic mass is 32.2. The smallest absolute Gasteiger partial charge is 0.340 e. The van der Waals surface area contributed by atoms with Gasteiger partial charge in [0, 0.05) is 5.25 Å². The number of aliphatic hydroxyl groups excluding tert-OH is 1. The Hall–Kier alpha value is -1.27. The van der Waals surface area contributed by atoms with Crippen molar-refractivity contribution >= 4 is 23.4 Å². The average molecular weight is 256 g/mol. The number of nitrogen functional groups attached to an aromatic ring is 1. The van der Waals surface area contributed by atoms with E-state index in [0.29, 0.717) is 10.6 Å². The molecule has 1 rings (SSSR count). The lowest BCUT2D eigenvalue weighted by molar-refractivity contribution is 0.0601. The highest BCUT2D eigenvalue weighted by molar-refractivity contribution is 7.99. The Labute approximate surface area is 104 Å². The number of methoxy groups -OCH3 is 1. The van der Waals surface area contributed by atoms with Gasteiger partial charge in [-0.15, -0.1) is 11.8 Å². The Bertz CT molecular complexity index is 410. The van der Waals surface area contributed by atoms with Crippen molar-refractivity contribution in [3.8, 4) is 0 Å². The molecule has 17 heavy (non-hydrogen) atoms. The first-order valence-electron chi connectivity index (χ1n) is 5.14. The number of ether oxygens (including phenoxy) is 1. The predicted octanol–water partition coefficient (Wildman–Crippen LogP) is 1.31. The van der Waals surface area contributed by atoms with E-state index in [1.165, 1.54) is 25.1 Å². The van der Waals surface area contributed by atoms with Crippen LogP contribution in [-0.4, -0.2) is 34.5 Å². The normalized spacial score (nSPS) is 14.1. The second kappa shape index (κ2) is 5.88. The lowest BCUT2D eigenvalue weighted by Crippen LogP contribution is -2.15. The van der Waals surface area contributed by atoms with E-state index in [0.717, 1.165) is 0 Å². The van der Waals surface area contributed by atoms with Crippen LogP contribution in [0.5, 0.6) is 0 Å². The van der Waals surface area contributed by atoms with Crippen LogP contribution in [0, 0.1) is 0 Å². The molecule has 0 saturated heterocycles. The molecule has 6 heteroatoms. The van der Waals surface area contributed by atoms with Gasteiger partial charge in [0.05, 0.1) is 35.7 Å². The number of hydrogen-bond acceptors (Lipinski definition) is 6. The molecule has 2 atom stereocenters. The summed E-state index contributed by atoms with van der Waals surface area (Å²) in [5, 5.41) is 10.0. The third kappa shape index (κ3) is 3.61. The van der Waals surface area contributed by atoms with Gasteiger partial charge in [0.15, 0.2) is 0 Å². The van der Waals surface area contributed by atoms with E-state index in [1.807, 2.05) is 6.92 Å². The van der Waals surface area contributed by atoms with Crippen molar-refractivity contribution in [3.63, 3.8) is 0 Å². The average Bonchev–Trinajstić information content (AvgIpc) is 2.30. The summed E-state index contributed by atoms with van der Waals surface area (Å²) in [7, 11) is 1.30. The molecule has 2 unspecified atom stereocenters. The summed E-state index contributed by atoms with van der Waals surface area (Å²) in [6.45, 7) is 3.58. The first-order valence-corrected chi connectivity index (χ1v) is 6.02. The van der Waals surface area contributed by atoms with Crippen LogP contribution in [0.3, 0.4) is 0 Å². The summed E-state index contributed by atoms with van der Waals surface area (Å²) >= 11 is 1.38. The maximum atomic E-state index is 11.4. The molecule has 0 saturated carbocycles. The summed E-state index contributed by atoms with van der Waals surface area (Å²) in [4.78, 5) is 15.5. The van der Waals surface area contributed by atoms with Crippen LogP contribution in [0.4, 0.5) is 5.69 Å². The number of pyridine rings is 1. The molecule has 1 heterocycles. The van der Waals surface area contributed by atoms with Crippen LogP contribution in [0.2, 0.25) is 0 Å². The van der Waals surface area contributed by atoms with Crippen molar-refractivity contribution in [2.75, 3.05) is 12.8 Å². The molecular weight excluding hydrogens is 240 g/mol. The van der Waals surface area contributed by atoms with Gasteiger partial charge < -0.3 is 15.6 Å². The number of nitrogens with two attached hydrogens (primary N) is 1. The second-order valence-corrected chi connectivity index (χ2v) is 5.06. The molecular formula is C11H16N2O3S. The number of nitrogens with zero attached hydrogens (tertiary/aromatic N) is 1. The largest absolute Gasteiger partial charge is 0.465 e. The number of esters is 1. The Morgan fingerprint density at radius 2 is 2.24 bits per heavy atom. The molecule has 0 fully saturated rings. The SMILES string of the molecule is COC(=O)c1cc(SC(C)C(C)O)ncc1N. The summed E-state index contributed by atoms with van der Waals surface area (Å²) in [5.41, 5.74) is 6.21. The second-order valence-electron chi connectivity index (χ2n) is 3.66. The molecule has 0 aliphatic rings. The van der Waals surface area contributed by atoms with E-state index in [2.05, 4.69) is 9.72 Å². The minimum atomic E-state index is -0.489. The maximum Gasteiger partial charge on any atom is 0.340 e. The summed E-state index contributed by atoms with van der Waals surface area (Å²) in [6, 6.07) is 1.57. The first-order chi connectivity index (χ1) is 7.95. The molecule has 0 aliphatic carbocycles. The first kappa shape index (κ1) is 13.8. The van der Waals surface area contributed by atoms with Gasteiger partial charge in [-0.05, 0) is 13.0 Å². The van der Waals surface area contributed by atoms with Crippen molar-refractivity contribution in [3.05, 3.63) is 17.8 Å². The van der Waals surface area contributed by atoms with Crippen LogP contribution >= 0.6 is 11.8 Å². The number of carbonyl (C=O) groups excluding carboxylic acids is 1. The Kier molecular flexibility index (Phi) is 4.77. The fourth-order valence-corrected chi connectivity index (χ4v) is 1.96. The molecule has 0 aromatic carbocycles. The van der Waals surface area contributed by atoms with Gasteiger partial charge in [-0.2, -0.15) is 0 Å².